The van der Waals surface area contributed by atoms with Gasteiger partial charge in [-0.1, -0.05) is 31.7 Å². The molecule has 0 aromatic carbocycles. The molecular weight excluding hydrogens is 344 g/mol. The molecular formula is C16H20N4O4S. The fourth-order valence-electron chi connectivity index (χ4n) is 1.53. The van der Waals surface area contributed by atoms with Crippen LogP contribution >= 0.6 is 11.8 Å². The summed E-state index contributed by atoms with van der Waals surface area (Å²) < 4.78 is 9.31. The van der Waals surface area contributed by atoms with E-state index in [0.717, 1.165) is 17.5 Å². The van der Waals surface area contributed by atoms with E-state index in [1.807, 2.05) is 32.0 Å². The second kappa shape index (κ2) is 11.8. The molecule has 0 spiro atoms. The zero-order valence-electron chi connectivity index (χ0n) is 14.0. The van der Waals surface area contributed by atoms with Gasteiger partial charge in [0, 0.05) is 12.4 Å². The van der Waals surface area contributed by atoms with Crippen molar-refractivity contribution in [2.75, 3.05) is 19.0 Å². The van der Waals surface area contributed by atoms with Crippen molar-refractivity contribution < 1.29 is 19.1 Å². The van der Waals surface area contributed by atoms with Crippen LogP contribution in [-0.4, -0.2) is 46.0 Å². The smallest absolute Gasteiger partial charge is 0.404 e. The van der Waals surface area contributed by atoms with Crippen molar-refractivity contribution in [3.8, 4) is 11.4 Å². The van der Waals surface area contributed by atoms with E-state index in [-0.39, 0.29) is 19.0 Å². The predicted octanol–water partition coefficient (Wildman–Crippen LogP) is 2.30. The Hall–Kier alpha value is -2.68. The Morgan fingerprint density at radius 3 is 2.48 bits per heavy atom. The lowest BCUT2D eigenvalue weighted by molar-refractivity contribution is -0.141. The highest BCUT2D eigenvalue weighted by Crippen LogP contribution is 2.18. The minimum atomic E-state index is -0.907. The Kier molecular flexibility index (Phi) is 9.61. The van der Waals surface area contributed by atoms with Crippen LogP contribution < -0.4 is 5.73 Å². The van der Waals surface area contributed by atoms with Gasteiger partial charge in [-0.3, -0.25) is 9.78 Å². The topological polar surface area (TPSA) is 117 Å². The maximum Gasteiger partial charge on any atom is 0.404 e. The average molecular weight is 364 g/mol. The van der Waals surface area contributed by atoms with E-state index in [2.05, 4.69) is 19.7 Å². The fourth-order valence-corrected chi connectivity index (χ4v) is 2.16. The number of rotatable bonds is 7. The van der Waals surface area contributed by atoms with Crippen LogP contribution in [-0.2, 0) is 14.3 Å². The van der Waals surface area contributed by atoms with Crippen LogP contribution in [0.4, 0.5) is 4.79 Å². The van der Waals surface area contributed by atoms with Crippen molar-refractivity contribution in [2.24, 2.45) is 5.73 Å². The van der Waals surface area contributed by atoms with Crippen molar-refractivity contribution in [3.05, 3.63) is 36.7 Å². The maximum atomic E-state index is 11.5. The first-order valence-corrected chi connectivity index (χ1v) is 8.59. The Bertz CT molecular complexity index is 670. The molecule has 25 heavy (non-hydrogen) atoms. The summed E-state index contributed by atoms with van der Waals surface area (Å²) in [5.74, 6) is -0.419. The lowest BCUT2D eigenvalue weighted by Gasteiger charge is -2.05. The molecule has 0 radical (unpaired) electrons. The van der Waals surface area contributed by atoms with Crippen molar-refractivity contribution in [3.63, 3.8) is 0 Å². The summed E-state index contributed by atoms with van der Waals surface area (Å²) in [6, 6.07) is 7.26. The molecule has 0 atom stereocenters. The molecule has 2 aromatic rings. The van der Waals surface area contributed by atoms with Crippen LogP contribution in [0.1, 0.15) is 13.8 Å². The number of nitrogens with zero attached hydrogens (tertiary/aromatic N) is 3. The monoisotopic (exact) mass is 364 g/mol. The molecule has 0 aliphatic heterocycles. The number of esters is 1. The van der Waals surface area contributed by atoms with Crippen LogP contribution in [0.15, 0.2) is 41.8 Å². The number of pyridine rings is 1. The number of aromatic nitrogens is 3. The van der Waals surface area contributed by atoms with Crippen molar-refractivity contribution in [2.45, 2.75) is 19.0 Å². The third-order valence-electron chi connectivity index (χ3n) is 2.47. The quantitative estimate of drug-likeness (QED) is 0.344. The summed E-state index contributed by atoms with van der Waals surface area (Å²) >= 11 is 1.14. The minimum absolute atomic E-state index is 0.0439. The van der Waals surface area contributed by atoms with Crippen LogP contribution in [0.2, 0.25) is 0 Å². The number of hydrogen-bond donors (Lipinski definition) is 1. The van der Waals surface area contributed by atoms with Gasteiger partial charge in [-0.15, -0.1) is 0 Å². The first kappa shape index (κ1) is 20.4. The maximum absolute atomic E-state index is 11.5. The summed E-state index contributed by atoms with van der Waals surface area (Å²) in [5.41, 5.74) is 6.18. The second-order valence-corrected chi connectivity index (χ2v) is 5.06. The number of nitrogens with two attached hydrogens (primary N) is 1. The Balaban J connectivity index is 0.00000151. The molecule has 134 valence electrons. The molecule has 0 bridgehead atoms. The van der Waals surface area contributed by atoms with Gasteiger partial charge in [-0.05, 0) is 18.2 Å². The van der Waals surface area contributed by atoms with E-state index >= 15 is 0 Å². The van der Waals surface area contributed by atoms with Gasteiger partial charge >= 0.3 is 12.1 Å². The Morgan fingerprint density at radius 2 is 1.80 bits per heavy atom. The van der Waals surface area contributed by atoms with Gasteiger partial charge < -0.3 is 15.2 Å². The van der Waals surface area contributed by atoms with Gasteiger partial charge in [-0.2, -0.15) is 0 Å². The van der Waals surface area contributed by atoms with Crippen LogP contribution in [0.3, 0.4) is 0 Å². The number of carbonyl (C=O) groups is 2. The molecule has 9 heteroatoms. The molecule has 2 N–H and O–H groups in total. The van der Waals surface area contributed by atoms with Gasteiger partial charge in [0.15, 0.2) is 5.16 Å². The SMILES string of the molecule is CC.NC(=O)OCCOC(=O)CSc1nccc(-c2ccccn2)n1. The van der Waals surface area contributed by atoms with E-state index < -0.39 is 12.1 Å². The minimum Gasteiger partial charge on any atom is -0.461 e. The van der Waals surface area contributed by atoms with Crippen molar-refractivity contribution in [1.29, 1.82) is 0 Å². The van der Waals surface area contributed by atoms with Gasteiger partial charge in [0.05, 0.1) is 17.1 Å². The summed E-state index contributed by atoms with van der Waals surface area (Å²) in [6.07, 6.45) is 2.37. The Morgan fingerprint density at radius 1 is 1.04 bits per heavy atom. The molecule has 0 saturated carbocycles. The Labute approximate surface area is 150 Å². The first-order valence-electron chi connectivity index (χ1n) is 7.60. The predicted molar refractivity (Wildman–Crippen MR) is 93.8 cm³/mol. The molecule has 0 saturated heterocycles. The molecule has 2 aromatic heterocycles. The number of amides is 1. The largest absolute Gasteiger partial charge is 0.461 e. The zero-order chi connectivity index (χ0) is 18.5. The third kappa shape index (κ3) is 8.11. The van der Waals surface area contributed by atoms with Crippen molar-refractivity contribution in [1.82, 2.24) is 15.0 Å². The summed E-state index contributed by atoms with van der Waals surface area (Å²) in [6.45, 7) is 3.88. The van der Waals surface area contributed by atoms with E-state index in [1.54, 1.807) is 18.5 Å². The third-order valence-corrected chi connectivity index (χ3v) is 3.31. The fraction of sp³-hybridized carbons (Fsp3) is 0.312. The van der Waals surface area contributed by atoms with E-state index in [9.17, 15) is 9.59 Å². The molecule has 0 aliphatic rings. The van der Waals surface area contributed by atoms with Crippen LogP contribution in [0.25, 0.3) is 11.4 Å². The van der Waals surface area contributed by atoms with E-state index in [4.69, 9.17) is 10.5 Å². The van der Waals surface area contributed by atoms with E-state index in [1.165, 1.54) is 0 Å². The first-order chi connectivity index (χ1) is 12.1. The van der Waals surface area contributed by atoms with Gasteiger partial charge in [-0.25, -0.2) is 14.8 Å². The lowest BCUT2D eigenvalue weighted by Crippen LogP contribution is -2.18. The van der Waals surface area contributed by atoms with Gasteiger partial charge in [0.2, 0.25) is 0 Å². The normalized spacial score (nSPS) is 9.52. The summed E-state index contributed by atoms with van der Waals surface area (Å²) in [4.78, 5) is 34.5. The molecule has 0 unspecified atom stereocenters. The average Bonchev–Trinajstić information content (AvgIpc) is 2.66. The molecule has 1 amide bonds. The number of primary amides is 1. The molecule has 0 aliphatic carbocycles. The number of thioether (sulfide) groups is 1. The number of hydrogen-bond acceptors (Lipinski definition) is 8. The van der Waals surface area contributed by atoms with Gasteiger partial charge in [0.25, 0.3) is 0 Å². The number of carbonyl (C=O) groups excluding carboxylic acids is 2. The molecule has 2 heterocycles. The van der Waals surface area contributed by atoms with Crippen LogP contribution in [0.5, 0.6) is 0 Å². The highest BCUT2D eigenvalue weighted by Gasteiger charge is 2.08. The number of ether oxygens (including phenoxy) is 2. The molecule has 2 rings (SSSR count). The van der Waals surface area contributed by atoms with Crippen molar-refractivity contribution >= 4 is 23.8 Å². The second-order valence-electron chi connectivity index (χ2n) is 4.12. The zero-order valence-corrected chi connectivity index (χ0v) is 14.9. The van der Waals surface area contributed by atoms with Crippen LogP contribution in [0, 0.1) is 0 Å². The summed E-state index contributed by atoms with van der Waals surface area (Å²) in [5, 5.41) is 0.443. The molecule has 8 nitrogen and oxygen atoms in total. The molecule has 0 fully saturated rings. The lowest BCUT2D eigenvalue weighted by atomic mass is 10.3. The highest BCUT2D eigenvalue weighted by atomic mass is 32.2. The standard InChI is InChI=1S/C14H14N4O4S.C2H6/c15-13(20)22-8-7-21-12(19)9-23-14-17-6-4-11(18-14)10-3-1-2-5-16-10;1-2/h1-6H,7-9H2,(H2,15,20);1-2H3. The van der Waals surface area contributed by atoms with E-state index in [0.29, 0.717) is 10.9 Å². The van der Waals surface area contributed by atoms with Gasteiger partial charge in [0.1, 0.15) is 13.2 Å². The highest BCUT2D eigenvalue weighted by molar-refractivity contribution is 7.99. The summed E-state index contributed by atoms with van der Waals surface area (Å²) in [7, 11) is 0.